The smallest absolute Gasteiger partial charge is 0.254 e. The number of nitrogens with one attached hydrogen (secondary N) is 1. The molecule has 0 saturated carbocycles. The van der Waals surface area contributed by atoms with E-state index in [4.69, 9.17) is 4.74 Å². The Morgan fingerprint density at radius 1 is 1.25 bits per heavy atom. The van der Waals surface area contributed by atoms with Crippen molar-refractivity contribution in [2.75, 3.05) is 32.8 Å². The number of hydrazone groups is 1. The number of benzene rings is 1. The van der Waals surface area contributed by atoms with E-state index in [0.29, 0.717) is 19.8 Å². The molecule has 1 amide bonds. The van der Waals surface area contributed by atoms with Gasteiger partial charge in [0, 0.05) is 29.4 Å². The lowest BCUT2D eigenvalue weighted by molar-refractivity contribution is -0.123. The number of carbonyl (C=O) groups excluding carboxylic acids is 1. The van der Waals surface area contributed by atoms with Crippen molar-refractivity contribution in [3.63, 3.8) is 0 Å². The summed E-state index contributed by atoms with van der Waals surface area (Å²) in [4.78, 5) is 14.0. The van der Waals surface area contributed by atoms with Gasteiger partial charge in [0.05, 0.1) is 31.7 Å². The summed E-state index contributed by atoms with van der Waals surface area (Å²) in [6.07, 6.45) is 3.61. The van der Waals surface area contributed by atoms with Crippen molar-refractivity contribution in [3.05, 3.63) is 52.8 Å². The van der Waals surface area contributed by atoms with E-state index in [-0.39, 0.29) is 5.91 Å². The predicted octanol–water partition coefficient (Wildman–Crippen LogP) is 2.02. The molecule has 1 N–H and O–H groups in total. The minimum Gasteiger partial charge on any atom is -0.379 e. The standard InChI is InChI=1S/C17H19BrN4O2/c18-14-3-5-15(6-4-14)22-7-1-2-16(22)12-19-20-17(23)13-21-8-10-24-11-9-21/h1-7,12H,8-11,13H2,(H,20,23)/b19-12-. The van der Waals surface area contributed by atoms with Crippen LogP contribution in [-0.4, -0.2) is 54.4 Å². The molecule has 24 heavy (non-hydrogen) atoms. The SMILES string of the molecule is O=C(CN1CCOCC1)N/N=C\c1cccn1-c1ccc(Br)cc1. The second-order valence-electron chi connectivity index (χ2n) is 5.46. The maximum absolute atomic E-state index is 11.9. The monoisotopic (exact) mass is 390 g/mol. The van der Waals surface area contributed by atoms with Crippen molar-refractivity contribution in [1.29, 1.82) is 0 Å². The number of hydrogen-bond acceptors (Lipinski definition) is 4. The molecule has 0 aliphatic carbocycles. The molecule has 0 radical (unpaired) electrons. The summed E-state index contributed by atoms with van der Waals surface area (Å²) in [6.45, 7) is 3.26. The first-order valence-corrected chi connectivity index (χ1v) is 8.57. The molecule has 7 heteroatoms. The van der Waals surface area contributed by atoms with Gasteiger partial charge < -0.3 is 9.30 Å². The Morgan fingerprint density at radius 3 is 2.75 bits per heavy atom. The van der Waals surface area contributed by atoms with E-state index in [9.17, 15) is 4.79 Å². The summed E-state index contributed by atoms with van der Waals surface area (Å²) in [5.74, 6) is -0.116. The average Bonchev–Trinajstić information content (AvgIpc) is 3.05. The number of halogens is 1. The molecule has 2 heterocycles. The largest absolute Gasteiger partial charge is 0.379 e. The molecule has 3 rings (SSSR count). The van der Waals surface area contributed by atoms with Gasteiger partial charge in [0.1, 0.15) is 0 Å². The fourth-order valence-electron chi connectivity index (χ4n) is 2.50. The first-order valence-electron chi connectivity index (χ1n) is 7.78. The number of carbonyl (C=O) groups is 1. The molecule has 2 aromatic rings. The van der Waals surface area contributed by atoms with Gasteiger partial charge in [-0.2, -0.15) is 5.10 Å². The lowest BCUT2D eigenvalue weighted by Crippen LogP contribution is -2.42. The van der Waals surface area contributed by atoms with Crippen LogP contribution < -0.4 is 5.43 Å². The van der Waals surface area contributed by atoms with Gasteiger partial charge in [-0.3, -0.25) is 9.69 Å². The quantitative estimate of drug-likeness (QED) is 0.627. The lowest BCUT2D eigenvalue weighted by Gasteiger charge is -2.25. The fraction of sp³-hybridized carbons (Fsp3) is 0.294. The molecule has 1 fully saturated rings. The average molecular weight is 391 g/mol. The molecule has 0 bridgehead atoms. The number of amides is 1. The Balaban J connectivity index is 1.58. The van der Waals surface area contributed by atoms with Crippen LogP contribution in [0.25, 0.3) is 5.69 Å². The molecular weight excluding hydrogens is 372 g/mol. The van der Waals surface area contributed by atoms with Crippen molar-refractivity contribution in [2.45, 2.75) is 0 Å². The zero-order valence-corrected chi connectivity index (χ0v) is 14.8. The van der Waals surface area contributed by atoms with E-state index < -0.39 is 0 Å². The van der Waals surface area contributed by atoms with Crippen LogP contribution in [0.2, 0.25) is 0 Å². The maximum atomic E-state index is 11.9. The van der Waals surface area contributed by atoms with Gasteiger partial charge in [0.15, 0.2) is 0 Å². The van der Waals surface area contributed by atoms with Crippen molar-refractivity contribution in [1.82, 2.24) is 14.9 Å². The lowest BCUT2D eigenvalue weighted by atomic mass is 10.3. The summed E-state index contributed by atoms with van der Waals surface area (Å²) >= 11 is 3.43. The number of ether oxygens (including phenoxy) is 1. The third kappa shape index (κ3) is 4.53. The molecule has 1 aliphatic heterocycles. The van der Waals surface area contributed by atoms with E-state index in [1.54, 1.807) is 6.21 Å². The van der Waals surface area contributed by atoms with Crippen molar-refractivity contribution in [2.24, 2.45) is 5.10 Å². The molecule has 0 spiro atoms. The summed E-state index contributed by atoms with van der Waals surface area (Å²) in [5.41, 5.74) is 4.51. The van der Waals surface area contributed by atoms with Crippen LogP contribution in [0.1, 0.15) is 5.69 Å². The second kappa shape index (κ2) is 8.23. The van der Waals surface area contributed by atoms with Crippen LogP contribution in [0.4, 0.5) is 0 Å². The number of aromatic nitrogens is 1. The van der Waals surface area contributed by atoms with E-state index in [1.165, 1.54) is 0 Å². The number of rotatable bonds is 5. The highest BCUT2D eigenvalue weighted by atomic mass is 79.9. The Kier molecular flexibility index (Phi) is 5.79. The molecule has 1 aromatic carbocycles. The van der Waals surface area contributed by atoms with E-state index in [1.807, 2.05) is 47.2 Å². The Bertz CT molecular complexity index is 706. The Labute approximate surface area is 149 Å². The summed E-state index contributed by atoms with van der Waals surface area (Å²) < 4.78 is 8.30. The zero-order valence-electron chi connectivity index (χ0n) is 13.2. The first kappa shape index (κ1) is 16.9. The topological polar surface area (TPSA) is 58.9 Å². The van der Waals surface area contributed by atoms with Crippen LogP contribution >= 0.6 is 15.9 Å². The van der Waals surface area contributed by atoms with Crippen LogP contribution in [0.3, 0.4) is 0 Å². The third-order valence-electron chi connectivity index (χ3n) is 3.74. The summed E-state index contributed by atoms with van der Waals surface area (Å²) in [6, 6.07) is 11.9. The van der Waals surface area contributed by atoms with Crippen LogP contribution in [0.15, 0.2) is 52.2 Å². The second-order valence-corrected chi connectivity index (χ2v) is 6.38. The zero-order chi connectivity index (χ0) is 16.8. The molecular formula is C17H19BrN4O2. The minimum absolute atomic E-state index is 0.116. The van der Waals surface area contributed by atoms with Gasteiger partial charge in [-0.05, 0) is 36.4 Å². The predicted molar refractivity (Wildman–Crippen MR) is 96.5 cm³/mol. The highest BCUT2D eigenvalue weighted by molar-refractivity contribution is 9.10. The van der Waals surface area contributed by atoms with Gasteiger partial charge in [-0.25, -0.2) is 5.43 Å². The fourth-order valence-corrected chi connectivity index (χ4v) is 2.77. The number of nitrogens with zero attached hydrogens (tertiary/aromatic N) is 3. The molecule has 0 atom stereocenters. The van der Waals surface area contributed by atoms with Crippen molar-refractivity contribution in [3.8, 4) is 5.69 Å². The van der Waals surface area contributed by atoms with Gasteiger partial charge >= 0.3 is 0 Å². The van der Waals surface area contributed by atoms with Crippen molar-refractivity contribution >= 4 is 28.1 Å². The molecule has 1 aliphatic rings. The third-order valence-corrected chi connectivity index (χ3v) is 4.27. The molecule has 1 aromatic heterocycles. The van der Waals surface area contributed by atoms with Crippen LogP contribution in [-0.2, 0) is 9.53 Å². The van der Waals surface area contributed by atoms with Crippen LogP contribution in [0.5, 0.6) is 0 Å². The summed E-state index contributed by atoms with van der Waals surface area (Å²) in [5, 5.41) is 4.07. The van der Waals surface area contributed by atoms with Gasteiger partial charge in [0.2, 0.25) is 0 Å². The van der Waals surface area contributed by atoms with Gasteiger partial charge in [-0.15, -0.1) is 0 Å². The Hall–Kier alpha value is -1.96. The van der Waals surface area contributed by atoms with Crippen molar-refractivity contribution < 1.29 is 9.53 Å². The maximum Gasteiger partial charge on any atom is 0.254 e. The highest BCUT2D eigenvalue weighted by Crippen LogP contribution is 2.15. The Morgan fingerprint density at radius 2 is 2.00 bits per heavy atom. The molecule has 6 nitrogen and oxygen atoms in total. The van der Waals surface area contributed by atoms with E-state index >= 15 is 0 Å². The highest BCUT2D eigenvalue weighted by Gasteiger charge is 2.13. The first-order chi connectivity index (χ1) is 11.7. The molecule has 126 valence electrons. The van der Waals surface area contributed by atoms with Crippen LogP contribution in [0, 0.1) is 0 Å². The van der Waals surface area contributed by atoms with Gasteiger partial charge in [0.25, 0.3) is 5.91 Å². The molecule has 1 saturated heterocycles. The van der Waals surface area contributed by atoms with E-state index in [0.717, 1.165) is 28.9 Å². The molecule has 0 unspecified atom stereocenters. The van der Waals surface area contributed by atoms with E-state index in [2.05, 4.69) is 31.4 Å². The number of morpholine rings is 1. The normalized spacial score (nSPS) is 15.7. The minimum atomic E-state index is -0.116. The number of hydrogen-bond donors (Lipinski definition) is 1. The van der Waals surface area contributed by atoms with Gasteiger partial charge in [-0.1, -0.05) is 15.9 Å². The summed E-state index contributed by atoms with van der Waals surface area (Å²) in [7, 11) is 0.